The van der Waals surface area contributed by atoms with Crippen molar-refractivity contribution in [1.29, 1.82) is 0 Å². The summed E-state index contributed by atoms with van der Waals surface area (Å²) in [6.07, 6.45) is 5.83. The van der Waals surface area contributed by atoms with Gasteiger partial charge in [0.1, 0.15) is 16.5 Å². The molecule has 0 atom stereocenters. The standard InChI is InChI=1S/C19H29N5OS/c1-3-15-12-16-18(22-14(2)23-19(16)26-15)21-13-17(25)20-8-4-5-9-24-10-6-7-11-24/h12H,3-11,13H2,1-2H3,(H,20,25)(H,21,22,23). The summed E-state index contributed by atoms with van der Waals surface area (Å²) in [7, 11) is 0. The molecule has 0 aliphatic carbocycles. The Morgan fingerprint density at radius 1 is 1.27 bits per heavy atom. The van der Waals surface area contributed by atoms with Gasteiger partial charge in [-0.2, -0.15) is 0 Å². The third-order valence-electron chi connectivity index (χ3n) is 4.74. The van der Waals surface area contributed by atoms with Crippen LogP contribution in [0.2, 0.25) is 0 Å². The molecule has 3 heterocycles. The minimum atomic E-state index is 0.0153. The molecule has 0 saturated carbocycles. The van der Waals surface area contributed by atoms with E-state index in [1.54, 1.807) is 11.3 Å². The Labute approximate surface area is 159 Å². The van der Waals surface area contributed by atoms with Gasteiger partial charge in [0.25, 0.3) is 0 Å². The summed E-state index contributed by atoms with van der Waals surface area (Å²) in [5, 5.41) is 7.19. The molecule has 2 aromatic heterocycles. The van der Waals surface area contributed by atoms with Gasteiger partial charge in [0, 0.05) is 11.4 Å². The largest absolute Gasteiger partial charge is 0.360 e. The van der Waals surface area contributed by atoms with E-state index in [1.807, 2.05) is 6.92 Å². The molecule has 1 fully saturated rings. The van der Waals surface area contributed by atoms with Crippen LogP contribution in [0.15, 0.2) is 6.07 Å². The third-order valence-corrected chi connectivity index (χ3v) is 5.92. The molecule has 6 nitrogen and oxygen atoms in total. The highest BCUT2D eigenvalue weighted by molar-refractivity contribution is 7.18. The van der Waals surface area contributed by atoms with Gasteiger partial charge in [-0.05, 0) is 64.7 Å². The van der Waals surface area contributed by atoms with Crippen LogP contribution >= 0.6 is 11.3 Å². The van der Waals surface area contributed by atoms with Gasteiger partial charge in [0.05, 0.1) is 11.9 Å². The Morgan fingerprint density at radius 3 is 2.85 bits per heavy atom. The Balaban J connectivity index is 1.42. The van der Waals surface area contributed by atoms with E-state index in [0.29, 0.717) is 0 Å². The van der Waals surface area contributed by atoms with E-state index in [4.69, 9.17) is 0 Å². The number of unbranched alkanes of at least 4 members (excludes halogenated alkanes) is 1. The number of rotatable bonds is 9. The van der Waals surface area contributed by atoms with Crippen molar-refractivity contribution in [3.63, 3.8) is 0 Å². The summed E-state index contributed by atoms with van der Waals surface area (Å²) in [6.45, 7) is 8.65. The molecule has 0 aromatic carbocycles. The molecule has 3 rings (SSSR count). The minimum Gasteiger partial charge on any atom is -0.360 e. The van der Waals surface area contributed by atoms with Gasteiger partial charge in [-0.25, -0.2) is 9.97 Å². The summed E-state index contributed by atoms with van der Waals surface area (Å²) >= 11 is 1.69. The van der Waals surface area contributed by atoms with E-state index in [2.05, 4.69) is 38.5 Å². The van der Waals surface area contributed by atoms with Crippen molar-refractivity contribution in [1.82, 2.24) is 20.2 Å². The van der Waals surface area contributed by atoms with Crippen molar-refractivity contribution in [2.75, 3.05) is 38.0 Å². The van der Waals surface area contributed by atoms with Crippen LogP contribution in [0, 0.1) is 6.92 Å². The van der Waals surface area contributed by atoms with E-state index >= 15 is 0 Å². The monoisotopic (exact) mass is 375 g/mol. The number of carbonyl (C=O) groups is 1. The van der Waals surface area contributed by atoms with Crippen molar-refractivity contribution in [3.05, 3.63) is 16.8 Å². The molecule has 0 bridgehead atoms. The summed E-state index contributed by atoms with van der Waals surface area (Å²) < 4.78 is 0. The van der Waals surface area contributed by atoms with Crippen molar-refractivity contribution in [2.24, 2.45) is 0 Å². The summed E-state index contributed by atoms with van der Waals surface area (Å²) in [5.41, 5.74) is 0. The van der Waals surface area contributed by atoms with Crippen LogP contribution in [0.3, 0.4) is 0 Å². The molecule has 1 aliphatic heterocycles. The number of aryl methyl sites for hydroxylation is 2. The molecule has 142 valence electrons. The first-order valence-corrected chi connectivity index (χ1v) is 10.5. The quantitative estimate of drug-likeness (QED) is 0.660. The fraction of sp³-hybridized carbons (Fsp3) is 0.632. The van der Waals surface area contributed by atoms with Gasteiger partial charge in [-0.1, -0.05) is 6.92 Å². The number of hydrogen-bond donors (Lipinski definition) is 2. The fourth-order valence-electron chi connectivity index (χ4n) is 3.31. The van der Waals surface area contributed by atoms with E-state index < -0.39 is 0 Å². The molecule has 1 aliphatic rings. The predicted octanol–water partition coefficient (Wildman–Crippen LogP) is 2.97. The summed E-state index contributed by atoms with van der Waals surface area (Å²) in [6, 6.07) is 2.12. The highest BCUT2D eigenvalue weighted by Crippen LogP contribution is 2.29. The first-order chi connectivity index (χ1) is 12.7. The SMILES string of the molecule is CCc1cc2c(NCC(=O)NCCCCN3CCCC3)nc(C)nc2s1. The number of carbonyl (C=O) groups excluding carboxylic acids is 1. The number of likely N-dealkylation sites (tertiary alicyclic amines) is 1. The van der Waals surface area contributed by atoms with Crippen molar-refractivity contribution >= 4 is 33.3 Å². The lowest BCUT2D eigenvalue weighted by Crippen LogP contribution is -2.31. The molecular weight excluding hydrogens is 346 g/mol. The Morgan fingerprint density at radius 2 is 2.08 bits per heavy atom. The lowest BCUT2D eigenvalue weighted by atomic mass is 10.3. The number of thiophene rings is 1. The van der Waals surface area contributed by atoms with Crippen LogP contribution in [-0.2, 0) is 11.2 Å². The molecule has 2 aromatic rings. The van der Waals surface area contributed by atoms with Gasteiger partial charge < -0.3 is 15.5 Å². The molecule has 7 heteroatoms. The second-order valence-electron chi connectivity index (χ2n) is 6.86. The molecule has 2 N–H and O–H groups in total. The highest BCUT2D eigenvalue weighted by Gasteiger charge is 2.12. The fourth-order valence-corrected chi connectivity index (χ4v) is 4.32. The second-order valence-corrected chi connectivity index (χ2v) is 7.98. The number of nitrogens with one attached hydrogen (secondary N) is 2. The predicted molar refractivity (Wildman–Crippen MR) is 108 cm³/mol. The van der Waals surface area contributed by atoms with Gasteiger partial charge in [0.2, 0.25) is 5.91 Å². The number of amides is 1. The van der Waals surface area contributed by atoms with E-state index in [1.165, 1.54) is 30.8 Å². The zero-order valence-electron chi connectivity index (χ0n) is 15.8. The van der Waals surface area contributed by atoms with Gasteiger partial charge in [0.15, 0.2) is 0 Å². The molecule has 26 heavy (non-hydrogen) atoms. The zero-order valence-corrected chi connectivity index (χ0v) is 16.6. The van der Waals surface area contributed by atoms with Crippen molar-refractivity contribution < 1.29 is 4.79 Å². The van der Waals surface area contributed by atoms with Crippen LogP contribution in [-0.4, -0.2) is 53.5 Å². The maximum Gasteiger partial charge on any atom is 0.239 e. The highest BCUT2D eigenvalue weighted by atomic mass is 32.1. The molecule has 0 unspecified atom stereocenters. The molecular formula is C19H29N5OS. The normalized spacial score (nSPS) is 14.8. The molecule has 1 saturated heterocycles. The van der Waals surface area contributed by atoms with Crippen LogP contribution in [0.4, 0.5) is 5.82 Å². The van der Waals surface area contributed by atoms with Gasteiger partial charge >= 0.3 is 0 Å². The minimum absolute atomic E-state index is 0.0153. The van der Waals surface area contributed by atoms with E-state index in [0.717, 1.165) is 54.2 Å². The first-order valence-electron chi connectivity index (χ1n) is 9.65. The van der Waals surface area contributed by atoms with E-state index in [9.17, 15) is 4.79 Å². The maximum atomic E-state index is 12.1. The number of fused-ring (bicyclic) bond motifs is 1. The summed E-state index contributed by atoms with van der Waals surface area (Å²) in [4.78, 5) is 25.8. The van der Waals surface area contributed by atoms with Gasteiger partial charge in [-0.3, -0.25) is 4.79 Å². The number of hydrogen-bond acceptors (Lipinski definition) is 6. The Hall–Kier alpha value is -1.73. The maximum absolute atomic E-state index is 12.1. The average Bonchev–Trinajstić information content (AvgIpc) is 3.28. The number of nitrogens with zero attached hydrogens (tertiary/aromatic N) is 3. The summed E-state index contributed by atoms with van der Waals surface area (Å²) in [5.74, 6) is 1.50. The molecule has 0 radical (unpaired) electrons. The van der Waals surface area contributed by atoms with Crippen molar-refractivity contribution in [2.45, 2.75) is 46.0 Å². The Kier molecular flexibility index (Phi) is 6.80. The first kappa shape index (κ1) is 19.0. The average molecular weight is 376 g/mol. The van der Waals surface area contributed by atoms with Crippen LogP contribution in [0.1, 0.15) is 43.3 Å². The molecule has 0 spiro atoms. The Bertz CT molecular complexity index is 739. The van der Waals surface area contributed by atoms with E-state index in [-0.39, 0.29) is 12.5 Å². The number of aromatic nitrogens is 2. The van der Waals surface area contributed by atoms with Gasteiger partial charge in [-0.15, -0.1) is 11.3 Å². The zero-order chi connectivity index (χ0) is 18.4. The van der Waals surface area contributed by atoms with Crippen molar-refractivity contribution in [3.8, 4) is 0 Å². The number of anilines is 1. The lowest BCUT2D eigenvalue weighted by molar-refractivity contribution is -0.119. The smallest absolute Gasteiger partial charge is 0.239 e. The van der Waals surface area contributed by atoms with Crippen LogP contribution < -0.4 is 10.6 Å². The molecule has 1 amide bonds. The topological polar surface area (TPSA) is 70.2 Å². The van der Waals surface area contributed by atoms with Crippen LogP contribution in [0.25, 0.3) is 10.2 Å². The lowest BCUT2D eigenvalue weighted by Gasteiger charge is -2.14. The second kappa shape index (κ2) is 9.28. The third kappa shape index (κ3) is 5.14. The van der Waals surface area contributed by atoms with Crippen LogP contribution in [0.5, 0.6) is 0 Å².